The van der Waals surface area contributed by atoms with Crippen LogP contribution < -0.4 is 5.32 Å². The van der Waals surface area contributed by atoms with Crippen LogP contribution in [0.5, 0.6) is 0 Å². The van der Waals surface area contributed by atoms with Crippen molar-refractivity contribution < 1.29 is 14.3 Å². The predicted molar refractivity (Wildman–Crippen MR) is 111 cm³/mol. The van der Waals surface area contributed by atoms with Gasteiger partial charge in [-0.3, -0.25) is 9.59 Å². The number of hydrogen-bond acceptors (Lipinski definition) is 3. The molecule has 0 aliphatic heterocycles. The van der Waals surface area contributed by atoms with Crippen molar-refractivity contribution in [1.82, 2.24) is 5.32 Å². The summed E-state index contributed by atoms with van der Waals surface area (Å²) in [6.45, 7) is 20.6. The van der Waals surface area contributed by atoms with Crippen LogP contribution in [0.4, 0.5) is 0 Å². The molecule has 4 nitrogen and oxygen atoms in total. The van der Waals surface area contributed by atoms with Gasteiger partial charge in [0, 0.05) is 11.0 Å². The Hall–Kier alpha value is -1.06. The number of unbranched alkanes of at least 4 members (excludes halogenated alkanes) is 3. The normalized spacial score (nSPS) is 12.1. The predicted octanol–water partition coefficient (Wildman–Crippen LogP) is 5.88. The van der Waals surface area contributed by atoms with Crippen LogP contribution in [0.15, 0.2) is 0 Å². The molecular weight excluding hydrogens is 326 g/mol. The van der Waals surface area contributed by atoms with Crippen molar-refractivity contribution in [3.8, 4) is 0 Å². The fourth-order valence-electron chi connectivity index (χ4n) is 1.70. The molecule has 0 aromatic rings. The van der Waals surface area contributed by atoms with Crippen molar-refractivity contribution in [2.45, 2.75) is 113 Å². The molecule has 1 N–H and O–H groups in total. The Morgan fingerprint density at radius 3 is 1.65 bits per heavy atom. The number of ether oxygens (including phenoxy) is 1. The van der Waals surface area contributed by atoms with Crippen molar-refractivity contribution >= 4 is 11.9 Å². The van der Waals surface area contributed by atoms with Gasteiger partial charge in [-0.25, -0.2) is 0 Å². The minimum absolute atomic E-state index is 0.0588. The Morgan fingerprint density at radius 1 is 0.769 bits per heavy atom. The number of carbonyl (C=O) groups is 2. The highest BCUT2D eigenvalue weighted by Gasteiger charge is 2.28. The fourth-order valence-corrected chi connectivity index (χ4v) is 1.70. The van der Waals surface area contributed by atoms with Gasteiger partial charge in [-0.1, -0.05) is 53.9 Å². The Kier molecular flexibility index (Phi) is 12.9. The highest BCUT2D eigenvalue weighted by Crippen LogP contribution is 2.22. The summed E-state index contributed by atoms with van der Waals surface area (Å²) in [5.74, 6) is 0.0778. The van der Waals surface area contributed by atoms with E-state index in [2.05, 4.69) is 12.2 Å². The lowest BCUT2D eigenvalue weighted by Crippen LogP contribution is -2.46. The molecule has 0 aromatic heterocycles. The van der Waals surface area contributed by atoms with Crippen molar-refractivity contribution in [2.75, 3.05) is 6.61 Å². The van der Waals surface area contributed by atoms with Crippen LogP contribution in [0.1, 0.15) is 108 Å². The smallest absolute Gasteiger partial charge is 0.311 e. The summed E-state index contributed by atoms with van der Waals surface area (Å²) >= 11 is 0. The van der Waals surface area contributed by atoms with E-state index in [1.54, 1.807) is 0 Å². The molecule has 0 spiro atoms. The van der Waals surface area contributed by atoms with Gasteiger partial charge < -0.3 is 10.1 Å². The molecule has 0 bridgehead atoms. The second-order valence-corrected chi connectivity index (χ2v) is 9.38. The molecule has 1 amide bonds. The fraction of sp³-hybridized carbons (Fsp3) is 0.909. The minimum Gasteiger partial charge on any atom is -0.465 e. The first kappa shape index (κ1) is 27.2. The third-order valence-electron chi connectivity index (χ3n) is 4.65. The zero-order valence-corrected chi connectivity index (χ0v) is 19.2. The summed E-state index contributed by atoms with van der Waals surface area (Å²) in [6.07, 6.45) is 6.31. The summed E-state index contributed by atoms with van der Waals surface area (Å²) < 4.78 is 5.21. The molecule has 0 saturated heterocycles. The molecule has 0 radical (unpaired) electrons. The van der Waals surface area contributed by atoms with Gasteiger partial charge in [0.2, 0.25) is 5.91 Å². The first-order valence-electron chi connectivity index (χ1n) is 10.2. The number of esters is 1. The highest BCUT2D eigenvalue weighted by molar-refractivity contribution is 5.82. The van der Waals surface area contributed by atoms with Gasteiger partial charge in [0.1, 0.15) is 0 Å². The van der Waals surface area contributed by atoms with Gasteiger partial charge >= 0.3 is 5.97 Å². The molecule has 0 atom stereocenters. The molecule has 0 rings (SSSR count). The Labute approximate surface area is 162 Å². The summed E-state index contributed by atoms with van der Waals surface area (Å²) in [6, 6.07) is 0. The largest absolute Gasteiger partial charge is 0.465 e. The number of amides is 1. The molecule has 26 heavy (non-hydrogen) atoms. The molecule has 0 fully saturated rings. The maximum atomic E-state index is 11.6. The van der Waals surface area contributed by atoms with E-state index >= 15 is 0 Å². The highest BCUT2D eigenvalue weighted by atomic mass is 16.5. The molecule has 0 aliphatic carbocycles. The standard InChI is InChI=1S/C12H24O2.C10H21NO/c1-5-7-8-9-10-14-11(13)12(3,4)6-2;1-7-10(5,6)8(12)11-9(2,3)4/h5-10H2,1-4H3;7H2,1-6H3,(H,11,12). The first-order chi connectivity index (χ1) is 11.7. The van der Waals surface area contributed by atoms with Crippen molar-refractivity contribution in [2.24, 2.45) is 10.8 Å². The average Bonchev–Trinajstić information content (AvgIpc) is 2.53. The van der Waals surface area contributed by atoms with Gasteiger partial charge in [0.05, 0.1) is 12.0 Å². The van der Waals surface area contributed by atoms with Crippen LogP contribution in [0.25, 0.3) is 0 Å². The van der Waals surface area contributed by atoms with Gasteiger partial charge in [-0.2, -0.15) is 0 Å². The number of carbonyl (C=O) groups excluding carboxylic acids is 2. The quantitative estimate of drug-likeness (QED) is 0.406. The topological polar surface area (TPSA) is 55.4 Å². The maximum Gasteiger partial charge on any atom is 0.311 e. The zero-order chi connectivity index (χ0) is 21.0. The van der Waals surface area contributed by atoms with Gasteiger partial charge in [0.15, 0.2) is 0 Å². The van der Waals surface area contributed by atoms with Crippen LogP contribution in [0.2, 0.25) is 0 Å². The van der Waals surface area contributed by atoms with E-state index in [0.29, 0.717) is 6.61 Å². The zero-order valence-electron chi connectivity index (χ0n) is 19.2. The van der Waals surface area contributed by atoms with E-state index in [1.807, 2.05) is 62.3 Å². The van der Waals surface area contributed by atoms with Crippen LogP contribution in [0, 0.1) is 10.8 Å². The number of rotatable bonds is 9. The molecule has 0 aromatic carbocycles. The third-order valence-corrected chi connectivity index (χ3v) is 4.65. The second kappa shape index (κ2) is 12.3. The van der Waals surface area contributed by atoms with Crippen LogP contribution in [-0.4, -0.2) is 24.0 Å². The monoisotopic (exact) mass is 371 g/mol. The summed E-state index contributed by atoms with van der Waals surface area (Å²) in [5.41, 5.74) is -0.679. The minimum atomic E-state index is -0.315. The van der Waals surface area contributed by atoms with Crippen molar-refractivity contribution in [3.63, 3.8) is 0 Å². The number of hydrogen-bond donors (Lipinski definition) is 1. The third kappa shape index (κ3) is 13.2. The van der Waals surface area contributed by atoms with Crippen LogP contribution in [-0.2, 0) is 14.3 Å². The van der Waals surface area contributed by atoms with E-state index in [4.69, 9.17) is 4.74 Å². The Morgan fingerprint density at radius 2 is 1.27 bits per heavy atom. The number of nitrogens with one attached hydrogen (secondary N) is 1. The van der Waals surface area contributed by atoms with Crippen molar-refractivity contribution in [3.05, 3.63) is 0 Å². The van der Waals surface area contributed by atoms with E-state index in [9.17, 15) is 9.59 Å². The van der Waals surface area contributed by atoms with Gasteiger partial charge in [0.25, 0.3) is 0 Å². The van der Waals surface area contributed by atoms with E-state index < -0.39 is 0 Å². The van der Waals surface area contributed by atoms with E-state index in [-0.39, 0.29) is 28.2 Å². The average molecular weight is 372 g/mol. The SMILES string of the molecule is CCC(C)(C)C(=O)NC(C)(C)C.CCCCCCOC(=O)C(C)(C)CC. The van der Waals surface area contributed by atoms with E-state index in [1.165, 1.54) is 12.8 Å². The van der Waals surface area contributed by atoms with Crippen LogP contribution in [0.3, 0.4) is 0 Å². The molecule has 0 aliphatic rings. The Balaban J connectivity index is 0. The molecule has 0 saturated carbocycles. The molecule has 156 valence electrons. The van der Waals surface area contributed by atoms with Crippen LogP contribution >= 0.6 is 0 Å². The lowest BCUT2D eigenvalue weighted by molar-refractivity contribution is -0.154. The summed E-state index contributed by atoms with van der Waals surface area (Å²) in [5, 5.41) is 2.97. The molecule has 0 unspecified atom stereocenters. The van der Waals surface area contributed by atoms with Gasteiger partial charge in [-0.05, 0) is 53.9 Å². The van der Waals surface area contributed by atoms with Gasteiger partial charge in [-0.15, -0.1) is 0 Å². The lowest BCUT2D eigenvalue weighted by Gasteiger charge is -2.28. The van der Waals surface area contributed by atoms with E-state index in [0.717, 1.165) is 25.7 Å². The molecular formula is C22H45NO3. The Bertz CT molecular complexity index is 406. The lowest BCUT2D eigenvalue weighted by atomic mass is 9.88. The maximum absolute atomic E-state index is 11.6. The molecule has 0 heterocycles. The first-order valence-corrected chi connectivity index (χ1v) is 10.2. The summed E-state index contributed by atoms with van der Waals surface area (Å²) in [7, 11) is 0. The molecule has 4 heteroatoms. The second-order valence-electron chi connectivity index (χ2n) is 9.38. The summed E-state index contributed by atoms with van der Waals surface area (Å²) in [4.78, 5) is 23.1. The van der Waals surface area contributed by atoms with Crippen molar-refractivity contribution in [1.29, 1.82) is 0 Å².